The Labute approximate surface area is 192 Å². The first-order valence-corrected chi connectivity index (χ1v) is 10.7. The summed E-state index contributed by atoms with van der Waals surface area (Å²) in [7, 11) is 0. The van der Waals surface area contributed by atoms with Gasteiger partial charge in [-0.25, -0.2) is 9.18 Å². The first-order valence-electron chi connectivity index (χ1n) is 9.47. The molecule has 8 heteroatoms. The van der Waals surface area contributed by atoms with E-state index in [1.807, 2.05) is 0 Å². The van der Waals surface area contributed by atoms with E-state index in [2.05, 4.69) is 0 Å². The van der Waals surface area contributed by atoms with Crippen molar-refractivity contribution in [1.82, 2.24) is 4.90 Å². The molecular formula is C24H15ClFNO4S. The Kier molecular flexibility index (Phi) is 6.39. The Morgan fingerprint density at radius 2 is 1.69 bits per heavy atom. The zero-order valence-corrected chi connectivity index (χ0v) is 18.0. The van der Waals surface area contributed by atoms with E-state index in [1.54, 1.807) is 54.6 Å². The van der Waals surface area contributed by atoms with Crippen LogP contribution in [-0.2, 0) is 11.3 Å². The summed E-state index contributed by atoms with van der Waals surface area (Å²) in [5, 5.41) is 0.118. The second-order valence-electron chi connectivity index (χ2n) is 6.82. The van der Waals surface area contributed by atoms with E-state index in [9.17, 15) is 18.8 Å². The van der Waals surface area contributed by atoms with Crippen LogP contribution in [-0.4, -0.2) is 22.0 Å². The predicted octanol–water partition coefficient (Wildman–Crippen LogP) is 5.93. The van der Waals surface area contributed by atoms with Crippen LogP contribution >= 0.6 is 23.4 Å². The summed E-state index contributed by atoms with van der Waals surface area (Å²) in [5.74, 6) is -1.16. The third-order valence-corrected chi connectivity index (χ3v) is 5.90. The molecule has 0 N–H and O–H groups in total. The molecule has 0 spiro atoms. The molecule has 1 aliphatic heterocycles. The molecule has 2 amide bonds. The molecule has 1 heterocycles. The smallest absolute Gasteiger partial charge is 0.343 e. The van der Waals surface area contributed by atoms with Crippen LogP contribution in [0.3, 0.4) is 0 Å². The summed E-state index contributed by atoms with van der Waals surface area (Å²) in [6.45, 7) is 0.0972. The van der Waals surface area contributed by atoms with Crippen LogP contribution in [0.1, 0.15) is 21.5 Å². The van der Waals surface area contributed by atoms with Gasteiger partial charge >= 0.3 is 5.97 Å². The van der Waals surface area contributed by atoms with Gasteiger partial charge in [0.05, 0.1) is 17.0 Å². The van der Waals surface area contributed by atoms with E-state index >= 15 is 0 Å². The van der Waals surface area contributed by atoms with Gasteiger partial charge in [-0.15, -0.1) is 0 Å². The molecular weight excluding hydrogens is 453 g/mol. The zero-order chi connectivity index (χ0) is 22.7. The van der Waals surface area contributed by atoms with Gasteiger partial charge < -0.3 is 4.74 Å². The highest BCUT2D eigenvalue weighted by Crippen LogP contribution is 2.34. The van der Waals surface area contributed by atoms with Crippen LogP contribution in [0.15, 0.2) is 77.7 Å². The first kappa shape index (κ1) is 21.8. The molecule has 0 unspecified atom stereocenters. The lowest BCUT2D eigenvalue weighted by atomic mass is 10.2. The third kappa shape index (κ3) is 4.90. The van der Waals surface area contributed by atoms with Gasteiger partial charge in [0.15, 0.2) is 0 Å². The fourth-order valence-corrected chi connectivity index (χ4v) is 4.00. The first-order chi connectivity index (χ1) is 15.4. The standard InChI is InChI=1S/C24H15ClFNO4S/c25-20-4-2-1-3-17(20)14-27-22(28)21(32-24(27)30)13-15-5-11-19(12-6-15)31-23(29)16-7-9-18(26)10-8-16/h1-13H,14H2/b21-13-. The summed E-state index contributed by atoms with van der Waals surface area (Å²) in [4.78, 5) is 38.6. The molecule has 4 rings (SSSR count). The van der Waals surface area contributed by atoms with Gasteiger partial charge in [0.25, 0.3) is 11.1 Å². The SMILES string of the molecule is O=C(Oc1ccc(/C=C2\SC(=O)N(Cc3ccccc3Cl)C2=O)cc1)c1ccc(F)cc1. The van der Waals surface area contributed by atoms with Gasteiger partial charge in [0.1, 0.15) is 11.6 Å². The van der Waals surface area contributed by atoms with E-state index in [0.717, 1.165) is 16.7 Å². The fourth-order valence-electron chi connectivity index (χ4n) is 2.97. The molecule has 0 bridgehead atoms. The Balaban J connectivity index is 1.44. The number of imide groups is 1. The summed E-state index contributed by atoms with van der Waals surface area (Å²) in [5.41, 5.74) is 1.57. The Bertz CT molecular complexity index is 1230. The number of nitrogens with zero attached hydrogens (tertiary/aromatic N) is 1. The number of thioether (sulfide) groups is 1. The van der Waals surface area contributed by atoms with E-state index in [-0.39, 0.29) is 22.3 Å². The molecule has 3 aromatic carbocycles. The van der Waals surface area contributed by atoms with Crippen LogP contribution in [0.5, 0.6) is 5.75 Å². The van der Waals surface area contributed by atoms with Crippen LogP contribution in [0.2, 0.25) is 5.02 Å². The van der Waals surface area contributed by atoms with Crippen LogP contribution in [0.4, 0.5) is 9.18 Å². The molecule has 160 valence electrons. The maximum absolute atomic E-state index is 13.0. The third-order valence-electron chi connectivity index (χ3n) is 4.63. The number of benzene rings is 3. The lowest BCUT2D eigenvalue weighted by Crippen LogP contribution is -2.27. The summed E-state index contributed by atoms with van der Waals surface area (Å²) < 4.78 is 18.2. The van der Waals surface area contributed by atoms with Crippen LogP contribution < -0.4 is 4.74 Å². The lowest BCUT2D eigenvalue weighted by Gasteiger charge is -2.13. The molecule has 0 aliphatic carbocycles. The number of carbonyl (C=O) groups is 3. The van der Waals surface area contributed by atoms with Crippen molar-refractivity contribution < 1.29 is 23.5 Å². The van der Waals surface area contributed by atoms with Crippen molar-refractivity contribution in [1.29, 1.82) is 0 Å². The van der Waals surface area contributed by atoms with Crippen molar-refractivity contribution in [2.75, 3.05) is 0 Å². The molecule has 1 fully saturated rings. The number of ether oxygens (including phenoxy) is 1. The quantitative estimate of drug-likeness (QED) is 0.264. The van der Waals surface area contributed by atoms with Crippen molar-refractivity contribution in [2.45, 2.75) is 6.54 Å². The number of hydrogen-bond donors (Lipinski definition) is 0. The molecule has 0 atom stereocenters. The van der Waals surface area contributed by atoms with Gasteiger partial charge in [-0.2, -0.15) is 0 Å². The van der Waals surface area contributed by atoms with Crippen molar-refractivity contribution >= 4 is 46.6 Å². The lowest BCUT2D eigenvalue weighted by molar-refractivity contribution is -0.123. The number of hydrogen-bond acceptors (Lipinski definition) is 5. The van der Waals surface area contributed by atoms with Crippen LogP contribution in [0, 0.1) is 5.82 Å². The summed E-state index contributed by atoms with van der Waals surface area (Å²) >= 11 is 6.99. The van der Waals surface area contributed by atoms with Gasteiger partial charge in [-0.1, -0.05) is 41.9 Å². The van der Waals surface area contributed by atoms with Crippen molar-refractivity contribution in [2.24, 2.45) is 0 Å². The minimum Gasteiger partial charge on any atom is -0.423 e. The highest BCUT2D eigenvalue weighted by molar-refractivity contribution is 8.18. The Morgan fingerprint density at radius 3 is 2.38 bits per heavy atom. The second kappa shape index (κ2) is 9.38. The Morgan fingerprint density at radius 1 is 1.00 bits per heavy atom. The minimum atomic E-state index is -0.613. The van der Waals surface area contributed by atoms with E-state index in [0.29, 0.717) is 21.9 Å². The molecule has 1 saturated heterocycles. The maximum Gasteiger partial charge on any atom is 0.343 e. The second-order valence-corrected chi connectivity index (χ2v) is 8.23. The van der Waals surface area contributed by atoms with Crippen LogP contribution in [0.25, 0.3) is 6.08 Å². The number of esters is 1. The highest BCUT2D eigenvalue weighted by Gasteiger charge is 2.35. The molecule has 0 radical (unpaired) electrons. The van der Waals surface area contributed by atoms with E-state index in [1.165, 1.54) is 24.3 Å². The highest BCUT2D eigenvalue weighted by atomic mass is 35.5. The van der Waals surface area contributed by atoms with Crippen molar-refractivity contribution in [3.8, 4) is 5.75 Å². The molecule has 1 aliphatic rings. The summed E-state index contributed by atoms with van der Waals surface area (Å²) in [6, 6.07) is 18.5. The monoisotopic (exact) mass is 467 g/mol. The van der Waals surface area contributed by atoms with Gasteiger partial charge in [-0.05, 0) is 71.4 Å². The zero-order valence-electron chi connectivity index (χ0n) is 16.5. The molecule has 0 aromatic heterocycles. The minimum absolute atomic E-state index is 0.0972. The number of carbonyl (C=O) groups excluding carboxylic acids is 3. The molecule has 0 saturated carbocycles. The van der Waals surface area contributed by atoms with Crippen molar-refractivity contribution in [3.63, 3.8) is 0 Å². The van der Waals surface area contributed by atoms with Crippen molar-refractivity contribution in [3.05, 3.63) is 105 Å². The average Bonchev–Trinajstić information content (AvgIpc) is 3.04. The maximum atomic E-state index is 13.0. The number of amides is 2. The van der Waals surface area contributed by atoms with Gasteiger partial charge in [0, 0.05) is 5.02 Å². The van der Waals surface area contributed by atoms with Gasteiger partial charge in [0.2, 0.25) is 0 Å². The molecule has 5 nitrogen and oxygen atoms in total. The Hall–Kier alpha value is -3.42. The largest absolute Gasteiger partial charge is 0.423 e. The fraction of sp³-hybridized carbons (Fsp3) is 0.0417. The summed E-state index contributed by atoms with van der Waals surface area (Å²) in [6.07, 6.45) is 1.60. The van der Waals surface area contributed by atoms with E-state index in [4.69, 9.17) is 16.3 Å². The normalized spacial score (nSPS) is 14.8. The van der Waals surface area contributed by atoms with Gasteiger partial charge in [-0.3, -0.25) is 14.5 Å². The number of halogens is 2. The van der Waals surface area contributed by atoms with E-state index < -0.39 is 17.7 Å². The molecule has 32 heavy (non-hydrogen) atoms. The topological polar surface area (TPSA) is 63.7 Å². The number of rotatable bonds is 5. The predicted molar refractivity (Wildman–Crippen MR) is 121 cm³/mol. The average molecular weight is 468 g/mol. The molecule has 3 aromatic rings.